The third-order valence-electron chi connectivity index (χ3n) is 4.50. The Morgan fingerprint density at radius 2 is 1.93 bits per heavy atom. The molecule has 1 N–H and O–H groups in total. The second-order valence-corrected chi connectivity index (χ2v) is 6.26. The second kappa shape index (κ2) is 9.82. The second-order valence-electron chi connectivity index (χ2n) is 6.26. The molecule has 1 unspecified atom stereocenters. The molecule has 0 saturated carbocycles. The molecule has 0 aromatic heterocycles. The number of nitrogens with one attached hydrogen (secondary N) is 1. The van der Waals surface area contributed by atoms with Crippen LogP contribution in [-0.4, -0.2) is 36.9 Å². The smallest absolute Gasteiger partial charge is 0.254 e. The molecule has 1 atom stereocenters. The van der Waals surface area contributed by atoms with Gasteiger partial charge in [-0.25, -0.2) is 8.78 Å². The van der Waals surface area contributed by atoms with Gasteiger partial charge in [-0.2, -0.15) is 0 Å². The van der Waals surface area contributed by atoms with Gasteiger partial charge in [-0.3, -0.25) is 9.59 Å². The van der Waals surface area contributed by atoms with Crippen LogP contribution in [-0.2, 0) is 4.79 Å². The summed E-state index contributed by atoms with van der Waals surface area (Å²) in [6.07, 6.45) is 0.0662. The molecule has 0 heterocycles. The van der Waals surface area contributed by atoms with E-state index in [9.17, 15) is 18.4 Å². The molecule has 0 bridgehead atoms. The van der Waals surface area contributed by atoms with E-state index in [-0.39, 0.29) is 30.5 Å². The number of hydrogen-bond acceptors (Lipinski definition) is 3. The molecule has 2 rings (SSSR count). The highest BCUT2D eigenvalue weighted by molar-refractivity contribution is 5.94. The number of benzene rings is 2. The maximum atomic E-state index is 13.6. The minimum atomic E-state index is -0.939. The van der Waals surface area contributed by atoms with Crippen LogP contribution in [0, 0.1) is 11.6 Å². The van der Waals surface area contributed by atoms with Crippen molar-refractivity contribution in [2.45, 2.75) is 26.3 Å². The Balaban J connectivity index is 1.95. The van der Waals surface area contributed by atoms with Gasteiger partial charge in [-0.15, -0.1) is 0 Å². The standard InChI is InChI=1S/C21H24F2N2O3/c1-4-25(14(2)15-6-5-7-17(12-15)28-3)20(26)10-11-24-21(27)18-9-8-16(22)13-19(18)23/h5-9,12-14H,4,10-11H2,1-3H3,(H,24,27). The van der Waals surface area contributed by atoms with Gasteiger partial charge in [0.15, 0.2) is 0 Å². The van der Waals surface area contributed by atoms with Crippen molar-refractivity contribution >= 4 is 11.8 Å². The van der Waals surface area contributed by atoms with E-state index >= 15 is 0 Å². The van der Waals surface area contributed by atoms with E-state index in [0.29, 0.717) is 18.4 Å². The van der Waals surface area contributed by atoms with Crippen molar-refractivity contribution in [1.29, 1.82) is 0 Å². The Kier molecular flexibility index (Phi) is 7.49. The fourth-order valence-electron chi connectivity index (χ4n) is 2.94. The summed E-state index contributed by atoms with van der Waals surface area (Å²) in [5.41, 5.74) is 0.679. The summed E-state index contributed by atoms with van der Waals surface area (Å²) in [6.45, 7) is 4.34. The molecule has 0 aliphatic heterocycles. The van der Waals surface area contributed by atoms with Gasteiger partial charge in [0.1, 0.15) is 17.4 Å². The zero-order valence-corrected chi connectivity index (χ0v) is 16.2. The predicted molar refractivity (Wildman–Crippen MR) is 102 cm³/mol. The van der Waals surface area contributed by atoms with Gasteiger partial charge in [-0.1, -0.05) is 12.1 Å². The number of rotatable bonds is 8. The normalized spacial score (nSPS) is 11.6. The van der Waals surface area contributed by atoms with Crippen LogP contribution in [0.25, 0.3) is 0 Å². The number of halogens is 2. The molecular weight excluding hydrogens is 366 g/mol. The van der Waals surface area contributed by atoms with Crippen molar-refractivity contribution in [3.63, 3.8) is 0 Å². The molecule has 2 aromatic rings. The summed E-state index contributed by atoms with van der Waals surface area (Å²) in [4.78, 5) is 26.3. The van der Waals surface area contributed by atoms with E-state index in [1.54, 1.807) is 12.0 Å². The zero-order chi connectivity index (χ0) is 20.7. The summed E-state index contributed by atoms with van der Waals surface area (Å²) in [5, 5.41) is 2.50. The molecule has 0 saturated heterocycles. The van der Waals surface area contributed by atoms with Crippen LogP contribution in [0.15, 0.2) is 42.5 Å². The van der Waals surface area contributed by atoms with Gasteiger partial charge in [0.25, 0.3) is 5.91 Å². The number of methoxy groups -OCH3 is 1. The number of carbonyl (C=O) groups is 2. The van der Waals surface area contributed by atoms with Gasteiger partial charge >= 0.3 is 0 Å². The lowest BCUT2D eigenvalue weighted by Crippen LogP contribution is -2.36. The summed E-state index contributed by atoms with van der Waals surface area (Å²) >= 11 is 0. The van der Waals surface area contributed by atoms with Crippen LogP contribution in [0.3, 0.4) is 0 Å². The molecule has 150 valence electrons. The first-order valence-electron chi connectivity index (χ1n) is 9.04. The molecule has 5 nitrogen and oxygen atoms in total. The summed E-state index contributed by atoms with van der Waals surface area (Å²) in [5.74, 6) is -1.81. The quantitative estimate of drug-likeness (QED) is 0.748. The lowest BCUT2D eigenvalue weighted by Gasteiger charge is -2.29. The molecule has 28 heavy (non-hydrogen) atoms. The summed E-state index contributed by atoms with van der Waals surface area (Å²) < 4.78 is 31.8. The Hall–Kier alpha value is -2.96. The van der Waals surface area contributed by atoms with Gasteiger partial charge in [-0.05, 0) is 43.7 Å². The van der Waals surface area contributed by atoms with E-state index in [4.69, 9.17) is 4.74 Å². The summed E-state index contributed by atoms with van der Waals surface area (Å²) in [6, 6.07) is 10.1. The lowest BCUT2D eigenvalue weighted by atomic mass is 10.1. The lowest BCUT2D eigenvalue weighted by molar-refractivity contribution is -0.133. The van der Waals surface area contributed by atoms with Gasteiger partial charge in [0, 0.05) is 25.6 Å². The van der Waals surface area contributed by atoms with Crippen molar-refractivity contribution < 1.29 is 23.1 Å². The van der Waals surface area contributed by atoms with E-state index in [1.807, 2.05) is 38.1 Å². The molecule has 2 aromatic carbocycles. The molecule has 7 heteroatoms. The third kappa shape index (κ3) is 5.28. The average molecular weight is 390 g/mol. The number of hydrogen-bond donors (Lipinski definition) is 1. The van der Waals surface area contributed by atoms with Crippen molar-refractivity contribution in [2.24, 2.45) is 0 Å². The minimum Gasteiger partial charge on any atom is -0.497 e. The molecule has 0 spiro atoms. The first-order valence-corrected chi connectivity index (χ1v) is 9.04. The Morgan fingerprint density at radius 1 is 1.18 bits per heavy atom. The van der Waals surface area contributed by atoms with E-state index in [1.165, 1.54) is 0 Å². The van der Waals surface area contributed by atoms with Crippen LogP contribution in [0.2, 0.25) is 0 Å². The Labute approximate surface area is 163 Å². The molecule has 0 radical (unpaired) electrons. The SMILES string of the molecule is CCN(C(=O)CCNC(=O)c1ccc(F)cc1F)C(C)c1cccc(OC)c1. The highest BCUT2D eigenvalue weighted by Crippen LogP contribution is 2.24. The van der Waals surface area contributed by atoms with Crippen LogP contribution in [0.1, 0.15) is 42.2 Å². The van der Waals surface area contributed by atoms with Crippen molar-refractivity contribution in [3.8, 4) is 5.75 Å². The maximum absolute atomic E-state index is 13.6. The fraction of sp³-hybridized carbons (Fsp3) is 0.333. The highest BCUT2D eigenvalue weighted by atomic mass is 19.1. The number of carbonyl (C=O) groups excluding carboxylic acids is 2. The highest BCUT2D eigenvalue weighted by Gasteiger charge is 2.20. The van der Waals surface area contributed by atoms with Crippen LogP contribution < -0.4 is 10.1 Å². The van der Waals surface area contributed by atoms with Crippen molar-refractivity contribution in [2.75, 3.05) is 20.2 Å². The Morgan fingerprint density at radius 3 is 2.57 bits per heavy atom. The molecule has 0 fully saturated rings. The van der Waals surface area contributed by atoms with Crippen LogP contribution in [0.5, 0.6) is 5.75 Å². The predicted octanol–water partition coefficient (Wildman–Crippen LogP) is 3.70. The van der Waals surface area contributed by atoms with Gasteiger partial charge in [0.05, 0.1) is 18.7 Å². The monoisotopic (exact) mass is 390 g/mol. The van der Waals surface area contributed by atoms with Crippen molar-refractivity contribution in [1.82, 2.24) is 10.2 Å². The van der Waals surface area contributed by atoms with Gasteiger partial charge < -0.3 is 15.0 Å². The first kappa shape index (κ1) is 21.3. The van der Waals surface area contributed by atoms with E-state index < -0.39 is 17.5 Å². The van der Waals surface area contributed by atoms with Gasteiger partial charge in [0.2, 0.25) is 5.91 Å². The van der Waals surface area contributed by atoms with Crippen LogP contribution in [0.4, 0.5) is 8.78 Å². The fourth-order valence-corrected chi connectivity index (χ4v) is 2.94. The maximum Gasteiger partial charge on any atom is 0.254 e. The molecule has 0 aliphatic rings. The number of ether oxygens (including phenoxy) is 1. The van der Waals surface area contributed by atoms with E-state index in [2.05, 4.69) is 5.32 Å². The largest absolute Gasteiger partial charge is 0.497 e. The number of nitrogens with zero attached hydrogens (tertiary/aromatic N) is 1. The van der Waals surface area contributed by atoms with Crippen LogP contribution >= 0.6 is 0 Å². The average Bonchev–Trinajstić information content (AvgIpc) is 2.68. The summed E-state index contributed by atoms with van der Waals surface area (Å²) in [7, 11) is 1.58. The molecular formula is C21H24F2N2O3. The van der Waals surface area contributed by atoms with Crippen molar-refractivity contribution in [3.05, 3.63) is 65.2 Å². The zero-order valence-electron chi connectivity index (χ0n) is 16.2. The minimum absolute atomic E-state index is 0.0514. The first-order chi connectivity index (χ1) is 13.4. The topological polar surface area (TPSA) is 58.6 Å². The molecule has 2 amide bonds. The Bertz CT molecular complexity index is 842. The number of amides is 2. The van der Waals surface area contributed by atoms with E-state index in [0.717, 1.165) is 17.7 Å². The molecule has 0 aliphatic carbocycles. The third-order valence-corrected chi connectivity index (χ3v) is 4.50.